The SMILES string of the molecule is Cc1ccc(O[C@H](C)C(=O)O)cc1. The molecule has 1 aromatic rings. The molecule has 0 aliphatic heterocycles. The second-order valence-corrected chi connectivity index (χ2v) is 2.91. The first-order valence-corrected chi connectivity index (χ1v) is 4.05. The van der Waals surface area contributed by atoms with Crippen LogP contribution in [0.3, 0.4) is 0 Å². The number of carboxylic acids is 1. The van der Waals surface area contributed by atoms with Gasteiger partial charge in [-0.1, -0.05) is 17.7 Å². The van der Waals surface area contributed by atoms with Crippen LogP contribution in [0, 0.1) is 6.92 Å². The Kier molecular flexibility index (Phi) is 2.90. The van der Waals surface area contributed by atoms with E-state index in [1.165, 1.54) is 6.92 Å². The molecule has 0 fully saturated rings. The second-order valence-electron chi connectivity index (χ2n) is 2.91. The van der Waals surface area contributed by atoms with E-state index in [2.05, 4.69) is 0 Å². The maximum Gasteiger partial charge on any atom is 0.344 e. The zero-order valence-corrected chi connectivity index (χ0v) is 7.65. The summed E-state index contributed by atoms with van der Waals surface area (Å²) in [5, 5.41) is 8.57. The molecule has 0 unspecified atom stereocenters. The number of hydrogen-bond acceptors (Lipinski definition) is 2. The largest absolute Gasteiger partial charge is 0.479 e. The molecule has 3 nitrogen and oxygen atoms in total. The highest BCUT2D eigenvalue weighted by molar-refractivity contribution is 5.72. The number of rotatable bonds is 3. The van der Waals surface area contributed by atoms with Crippen LogP contribution in [0.5, 0.6) is 5.75 Å². The van der Waals surface area contributed by atoms with Crippen molar-refractivity contribution in [3.63, 3.8) is 0 Å². The number of carboxylic acid groups (broad SMARTS) is 1. The normalized spacial score (nSPS) is 12.2. The van der Waals surface area contributed by atoms with Crippen LogP contribution < -0.4 is 4.74 Å². The Labute approximate surface area is 77.0 Å². The molecule has 1 rings (SSSR count). The standard InChI is InChI=1S/C10H12O3/c1-7-3-5-9(6-4-7)13-8(2)10(11)12/h3-6,8H,1-2H3,(H,11,12)/t8-/m1/s1. The van der Waals surface area contributed by atoms with E-state index in [1.807, 2.05) is 19.1 Å². The van der Waals surface area contributed by atoms with Crippen molar-refractivity contribution in [3.05, 3.63) is 29.8 Å². The lowest BCUT2D eigenvalue weighted by atomic mass is 10.2. The zero-order chi connectivity index (χ0) is 9.84. The van der Waals surface area contributed by atoms with E-state index >= 15 is 0 Å². The summed E-state index contributed by atoms with van der Waals surface area (Å²) >= 11 is 0. The fourth-order valence-corrected chi connectivity index (χ4v) is 0.871. The summed E-state index contributed by atoms with van der Waals surface area (Å²) in [6, 6.07) is 7.28. The van der Waals surface area contributed by atoms with E-state index in [0.717, 1.165) is 5.56 Å². The predicted octanol–water partition coefficient (Wildman–Crippen LogP) is 1.85. The molecule has 0 aromatic heterocycles. The lowest BCUT2D eigenvalue weighted by Crippen LogP contribution is -2.22. The molecule has 70 valence electrons. The smallest absolute Gasteiger partial charge is 0.344 e. The van der Waals surface area contributed by atoms with Gasteiger partial charge in [-0.15, -0.1) is 0 Å². The Balaban J connectivity index is 2.64. The van der Waals surface area contributed by atoms with Crippen molar-refractivity contribution in [1.29, 1.82) is 0 Å². The lowest BCUT2D eigenvalue weighted by Gasteiger charge is -2.09. The molecule has 0 amide bonds. The Bertz CT molecular complexity index is 290. The Hall–Kier alpha value is -1.51. The van der Waals surface area contributed by atoms with Gasteiger partial charge in [0.25, 0.3) is 0 Å². The topological polar surface area (TPSA) is 46.5 Å². The van der Waals surface area contributed by atoms with Crippen LogP contribution in [0.4, 0.5) is 0 Å². The highest BCUT2D eigenvalue weighted by Gasteiger charge is 2.11. The van der Waals surface area contributed by atoms with Gasteiger partial charge in [0.2, 0.25) is 0 Å². The first kappa shape index (κ1) is 9.58. The van der Waals surface area contributed by atoms with Gasteiger partial charge in [0.1, 0.15) is 5.75 Å². The summed E-state index contributed by atoms with van der Waals surface area (Å²) in [6.07, 6.45) is -0.803. The van der Waals surface area contributed by atoms with E-state index in [0.29, 0.717) is 5.75 Å². The van der Waals surface area contributed by atoms with Gasteiger partial charge in [0, 0.05) is 0 Å². The van der Waals surface area contributed by atoms with Crippen molar-refractivity contribution in [1.82, 2.24) is 0 Å². The monoisotopic (exact) mass is 180 g/mol. The van der Waals surface area contributed by atoms with Crippen LogP contribution in [0.15, 0.2) is 24.3 Å². The predicted molar refractivity (Wildman–Crippen MR) is 48.9 cm³/mol. The number of hydrogen-bond donors (Lipinski definition) is 1. The first-order valence-electron chi connectivity index (χ1n) is 4.05. The van der Waals surface area contributed by atoms with Gasteiger partial charge in [-0.2, -0.15) is 0 Å². The van der Waals surface area contributed by atoms with Crippen LogP contribution in [-0.4, -0.2) is 17.2 Å². The molecule has 0 aliphatic carbocycles. The Morgan fingerprint density at radius 1 is 1.38 bits per heavy atom. The fourth-order valence-electron chi connectivity index (χ4n) is 0.871. The van der Waals surface area contributed by atoms with Gasteiger partial charge >= 0.3 is 5.97 Å². The third kappa shape index (κ3) is 2.78. The van der Waals surface area contributed by atoms with Gasteiger partial charge in [0.05, 0.1) is 0 Å². The van der Waals surface area contributed by atoms with Gasteiger partial charge in [-0.3, -0.25) is 0 Å². The zero-order valence-electron chi connectivity index (χ0n) is 7.65. The van der Waals surface area contributed by atoms with Crippen molar-refractivity contribution >= 4 is 5.97 Å². The third-order valence-electron chi connectivity index (χ3n) is 1.68. The molecule has 0 saturated carbocycles. The summed E-state index contributed by atoms with van der Waals surface area (Å²) in [4.78, 5) is 10.4. The second kappa shape index (κ2) is 3.94. The first-order chi connectivity index (χ1) is 6.09. The Morgan fingerprint density at radius 2 is 1.92 bits per heavy atom. The molecule has 1 N–H and O–H groups in total. The van der Waals surface area contributed by atoms with E-state index in [1.54, 1.807) is 12.1 Å². The van der Waals surface area contributed by atoms with Gasteiger partial charge < -0.3 is 9.84 Å². The molecule has 0 heterocycles. The quantitative estimate of drug-likeness (QED) is 0.772. The molecule has 0 aliphatic rings. The van der Waals surface area contributed by atoms with Crippen LogP contribution >= 0.6 is 0 Å². The van der Waals surface area contributed by atoms with E-state index in [-0.39, 0.29) is 0 Å². The van der Waals surface area contributed by atoms with Gasteiger partial charge in [0.15, 0.2) is 6.10 Å². The van der Waals surface area contributed by atoms with E-state index in [9.17, 15) is 4.79 Å². The molecular weight excluding hydrogens is 168 g/mol. The number of aryl methyl sites for hydroxylation is 1. The summed E-state index contributed by atoms with van der Waals surface area (Å²) in [6.45, 7) is 3.46. The summed E-state index contributed by atoms with van der Waals surface area (Å²) in [5.74, 6) is -0.374. The number of aliphatic carboxylic acids is 1. The molecule has 0 bridgehead atoms. The fraction of sp³-hybridized carbons (Fsp3) is 0.300. The molecule has 1 aromatic carbocycles. The lowest BCUT2D eigenvalue weighted by molar-refractivity contribution is -0.144. The van der Waals surface area contributed by atoms with Gasteiger partial charge in [-0.05, 0) is 26.0 Å². The molecule has 0 radical (unpaired) electrons. The van der Waals surface area contributed by atoms with Crippen molar-refractivity contribution < 1.29 is 14.6 Å². The van der Waals surface area contributed by atoms with Crippen LogP contribution in [0.25, 0.3) is 0 Å². The maximum atomic E-state index is 10.4. The molecular formula is C10H12O3. The van der Waals surface area contributed by atoms with E-state index < -0.39 is 12.1 Å². The summed E-state index contributed by atoms with van der Waals surface area (Å²) in [7, 11) is 0. The third-order valence-corrected chi connectivity index (χ3v) is 1.68. The average molecular weight is 180 g/mol. The highest BCUT2D eigenvalue weighted by Crippen LogP contribution is 2.13. The van der Waals surface area contributed by atoms with Crippen molar-refractivity contribution in [2.45, 2.75) is 20.0 Å². The number of ether oxygens (including phenoxy) is 1. The van der Waals surface area contributed by atoms with Crippen molar-refractivity contribution in [2.24, 2.45) is 0 Å². The summed E-state index contributed by atoms with van der Waals surface area (Å²) in [5.41, 5.74) is 1.12. The van der Waals surface area contributed by atoms with Crippen LogP contribution in [0.1, 0.15) is 12.5 Å². The molecule has 0 spiro atoms. The van der Waals surface area contributed by atoms with Gasteiger partial charge in [-0.25, -0.2) is 4.79 Å². The number of benzene rings is 1. The van der Waals surface area contributed by atoms with Crippen LogP contribution in [0.2, 0.25) is 0 Å². The molecule has 0 saturated heterocycles. The van der Waals surface area contributed by atoms with Crippen molar-refractivity contribution in [3.8, 4) is 5.75 Å². The summed E-state index contributed by atoms with van der Waals surface area (Å²) < 4.78 is 5.13. The maximum absolute atomic E-state index is 10.4. The average Bonchev–Trinajstić information content (AvgIpc) is 2.08. The minimum Gasteiger partial charge on any atom is -0.479 e. The Morgan fingerprint density at radius 3 is 2.38 bits per heavy atom. The molecule has 3 heteroatoms. The molecule has 13 heavy (non-hydrogen) atoms. The number of carbonyl (C=O) groups is 1. The minimum atomic E-state index is -0.958. The van der Waals surface area contributed by atoms with Crippen LogP contribution in [-0.2, 0) is 4.79 Å². The minimum absolute atomic E-state index is 0.584. The van der Waals surface area contributed by atoms with E-state index in [4.69, 9.17) is 9.84 Å². The molecule has 1 atom stereocenters. The van der Waals surface area contributed by atoms with Crippen molar-refractivity contribution in [2.75, 3.05) is 0 Å². The highest BCUT2D eigenvalue weighted by atomic mass is 16.5.